The zero-order valence-corrected chi connectivity index (χ0v) is 18.6. The lowest BCUT2D eigenvalue weighted by atomic mass is 10.1. The lowest BCUT2D eigenvalue weighted by molar-refractivity contribution is -0.116. The molecule has 0 aliphatic rings. The van der Waals surface area contributed by atoms with Crippen LogP contribution < -0.4 is 14.8 Å². The van der Waals surface area contributed by atoms with Crippen LogP contribution in [0.3, 0.4) is 0 Å². The van der Waals surface area contributed by atoms with Gasteiger partial charge in [-0.3, -0.25) is 9.52 Å². The van der Waals surface area contributed by atoms with Crippen LogP contribution >= 0.6 is 0 Å². The minimum Gasteiger partial charge on any atom is -0.495 e. The van der Waals surface area contributed by atoms with E-state index in [4.69, 9.17) is 4.74 Å². The molecule has 0 unspecified atom stereocenters. The molecule has 0 fully saturated rings. The molecule has 3 N–H and O–H groups in total. The molecule has 0 aliphatic heterocycles. The van der Waals surface area contributed by atoms with Crippen LogP contribution in [0.1, 0.15) is 12.0 Å². The largest absolute Gasteiger partial charge is 0.495 e. The van der Waals surface area contributed by atoms with Crippen molar-refractivity contribution >= 4 is 38.2 Å². The van der Waals surface area contributed by atoms with E-state index in [0.717, 1.165) is 28.6 Å². The van der Waals surface area contributed by atoms with E-state index in [0.29, 0.717) is 12.1 Å². The normalized spacial score (nSPS) is 11.3. The van der Waals surface area contributed by atoms with Crippen molar-refractivity contribution in [2.75, 3.05) is 17.1 Å². The van der Waals surface area contributed by atoms with Crippen molar-refractivity contribution in [2.45, 2.75) is 17.7 Å². The number of aromatic nitrogens is 1. The van der Waals surface area contributed by atoms with Crippen molar-refractivity contribution in [3.05, 3.63) is 84.3 Å². The molecular weight excluding hydrogens is 445 g/mol. The molecule has 9 heteroatoms. The molecule has 0 bridgehead atoms. The van der Waals surface area contributed by atoms with Gasteiger partial charge in [0.25, 0.3) is 10.0 Å². The third kappa shape index (κ3) is 5.15. The standard InChI is InChI=1S/C24H22FN3O4S/c1-32-23-12-9-18(14-22(23)28-33(30,31)19-10-7-17(25)8-11-19)27-24(29)13-6-16-15-26-21-5-3-2-4-20(16)21/h2-5,7-12,14-15,26,28H,6,13H2,1H3,(H,27,29). The van der Waals surface area contributed by atoms with Gasteiger partial charge in [-0.25, -0.2) is 12.8 Å². The van der Waals surface area contributed by atoms with E-state index in [2.05, 4.69) is 15.0 Å². The summed E-state index contributed by atoms with van der Waals surface area (Å²) < 4.78 is 46.2. The highest BCUT2D eigenvalue weighted by atomic mass is 32.2. The van der Waals surface area contributed by atoms with Gasteiger partial charge in [-0.05, 0) is 60.5 Å². The van der Waals surface area contributed by atoms with Gasteiger partial charge in [0.2, 0.25) is 5.91 Å². The Morgan fingerprint density at radius 2 is 1.82 bits per heavy atom. The number of hydrogen-bond donors (Lipinski definition) is 3. The topological polar surface area (TPSA) is 100 Å². The Labute approximate surface area is 190 Å². The molecule has 0 spiro atoms. The SMILES string of the molecule is COc1ccc(NC(=O)CCc2c[nH]c3ccccc23)cc1NS(=O)(=O)c1ccc(F)cc1. The van der Waals surface area contributed by atoms with Crippen LogP contribution in [0.25, 0.3) is 10.9 Å². The number of hydrogen-bond acceptors (Lipinski definition) is 4. The van der Waals surface area contributed by atoms with Crippen LogP contribution in [-0.4, -0.2) is 26.4 Å². The van der Waals surface area contributed by atoms with Gasteiger partial charge >= 0.3 is 0 Å². The van der Waals surface area contributed by atoms with Crippen LogP contribution in [0, 0.1) is 5.82 Å². The summed E-state index contributed by atoms with van der Waals surface area (Å²) in [4.78, 5) is 15.6. The molecule has 7 nitrogen and oxygen atoms in total. The minimum absolute atomic E-state index is 0.0980. The van der Waals surface area contributed by atoms with E-state index in [9.17, 15) is 17.6 Å². The quantitative estimate of drug-likeness (QED) is 0.350. The third-order valence-electron chi connectivity index (χ3n) is 5.15. The van der Waals surface area contributed by atoms with Crippen LogP contribution in [0.2, 0.25) is 0 Å². The Balaban J connectivity index is 1.46. The monoisotopic (exact) mass is 467 g/mol. The second kappa shape index (κ2) is 9.33. The number of halogens is 1. The maximum Gasteiger partial charge on any atom is 0.262 e. The molecule has 0 saturated heterocycles. The first-order valence-corrected chi connectivity index (χ1v) is 11.7. The average Bonchev–Trinajstić information content (AvgIpc) is 3.21. The number of carbonyl (C=O) groups excluding carboxylic acids is 1. The number of fused-ring (bicyclic) bond motifs is 1. The molecule has 4 aromatic rings. The number of sulfonamides is 1. The van der Waals surface area contributed by atoms with Gasteiger partial charge in [-0.15, -0.1) is 0 Å². The minimum atomic E-state index is -3.98. The average molecular weight is 468 g/mol. The zero-order valence-electron chi connectivity index (χ0n) is 17.8. The van der Waals surface area contributed by atoms with Gasteiger partial charge in [0, 0.05) is 29.2 Å². The van der Waals surface area contributed by atoms with Crippen LogP contribution in [-0.2, 0) is 21.2 Å². The molecule has 1 amide bonds. The van der Waals surface area contributed by atoms with Crippen LogP contribution in [0.15, 0.2) is 77.8 Å². The Morgan fingerprint density at radius 3 is 2.58 bits per heavy atom. The van der Waals surface area contributed by atoms with Crippen molar-refractivity contribution < 1.29 is 22.3 Å². The third-order valence-corrected chi connectivity index (χ3v) is 6.53. The fourth-order valence-electron chi connectivity index (χ4n) is 3.49. The molecule has 170 valence electrons. The van der Waals surface area contributed by atoms with E-state index in [1.54, 1.807) is 12.1 Å². The summed E-state index contributed by atoms with van der Waals surface area (Å²) in [5.41, 5.74) is 2.62. The van der Waals surface area contributed by atoms with Gasteiger partial charge in [0.05, 0.1) is 17.7 Å². The second-order valence-corrected chi connectivity index (χ2v) is 9.06. The Bertz CT molecular complexity index is 1400. The molecule has 0 radical (unpaired) electrons. The number of nitrogens with one attached hydrogen (secondary N) is 3. The number of H-pyrrole nitrogens is 1. The second-order valence-electron chi connectivity index (χ2n) is 7.38. The van der Waals surface area contributed by atoms with E-state index < -0.39 is 15.8 Å². The Hall–Kier alpha value is -3.85. The number of aryl methyl sites for hydroxylation is 1. The maximum atomic E-state index is 13.1. The Morgan fingerprint density at radius 1 is 1.06 bits per heavy atom. The number of methoxy groups -OCH3 is 1. The zero-order chi connectivity index (χ0) is 23.4. The molecular formula is C24H22FN3O4S. The number of para-hydroxylation sites is 1. The molecule has 1 aromatic heterocycles. The van der Waals surface area contributed by atoms with E-state index in [1.165, 1.54) is 25.3 Å². The van der Waals surface area contributed by atoms with Gasteiger partial charge in [0.1, 0.15) is 11.6 Å². The Kier molecular flexibility index (Phi) is 6.32. The summed E-state index contributed by atoms with van der Waals surface area (Å²) in [7, 11) is -2.57. The first-order chi connectivity index (χ1) is 15.9. The highest BCUT2D eigenvalue weighted by Crippen LogP contribution is 2.30. The van der Waals surface area contributed by atoms with Gasteiger partial charge in [0.15, 0.2) is 0 Å². The number of aromatic amines is 1. The lowest BCUT2D eigenvalue weighted by Crippen LogP contribution is -2.15. The summed E-state index contributed by atoms with van der Waals surface area (Å²) in [6, 6.07) is 17.0. The smallest absolute Gasteiger partial charge is 0.262 e. The number of benzene rings is 3. The van der Waals surface area contributed by atoms with Gasteiger partial charge < -0.3 is 15.0 Å². The molecule has 4 rings (SSSR count). The molecule has 3 aromatic carbocycles. The molecule has 0 aliphatic carbocycles. The van der Waals surface area contributed by atoms with Crippen LogP contribution in [0.4, 0.5) is 15.8 Å². The fraction of sp³-hybridized carbons (Fsp3) is 0.125. The van der Waals surface area contributed by atoms with Crippen molar-refractivity contribution in [3.63, 3.8) is 0 Å². The number of rotatable bonds is 8. The number of carbonyl (C=O) groups is 1. The number of amides is 1. The van der Waals surface area contributed by atoms with E-state index in [-0.39, 0.29) is 28.7 Å². The maximum absolute atomic E-state index is 13.1. The predicted octanol–water partition coefficient (Wildman–Crippen LogP) is 4.69. The molecule has 1 heterocycles. The predicted molar refractivity (Wildman–Crippen MR) is 125 cm³/mol. The van der Waals surface area contributed by atoms with E-state index >= 15 is 0 Å². The number of anilines is 2. The molecule has 0 atom stereocenters. The number of ether oxygens (including phenoxy) is 1. The van der Waals surface area contributed by atoms with E-state index in [1.807, 2.05) is 30.5 Å². The summed E-state index contributed by atoms with van der Waals surface area (Å²) in [6.07, 6.45) is 2.70. The highest BCUT2D eigenvalue weighted by molar-refractivity contribution is 7.92. The van der Waals surface area contributed by atoms with Crippen LogP contribution in [0.5, 0.6) is 5.75 Å². The van der Waals surface area contributed by atoms with Crippen molar-refractivity contribution in [1.82, 2.24) is 4.98 Å². The van der Waals surface area contributed by atoms with Crippen molar-refractivity contribution in [2.24, 2.45) is 0 Å². The summed E-state index contributed by atoms with van der Waals surface area (Å²) in [5, 5.41) is 3.86. The molecule has 0 saturated carbocycles. The summed E-state index contributed by atoms with van der Waals surface area (Å²) >= 11 is 0. The van der Waals surface area contributed by atoms with Gasteiger partial charge in [-0.1, -0.05) is 18.2 Å². The first kappa shape index (κ1) is 22.3. The van der Waals surface area contributed by atoms with Crippen molar-refractivity contribution in [3.8, 4) is 5.75 Å². The summed E-state index contributed by atoms with van der Waals surface area (Å²) in [6.45, 7) is 0. The van der Waals surface area contributed by atoms with Gasteiger partial charge in [-0.2, -0.15) is 0 Å². The highest BCUT2D eigenvalue weighted by Gasteiger charge is 2.17. The summed E-state index contributed by atoms with van der Waals surface area (Å²) in [5.74, 6) is -0.473. The molecule has 33 heavy (non-hydrogen) atoms. The lowest BCUT2D eigenvalue weighted by Gasteiger charge is -2.14. The fourth-order valence-corrected chi connectivity index (χ4v) is 4.55. The first-order valence-electron chi connectivity index (χ1n) is 10.2. The van der Waals surface area contributed by atoms with Crippen molar-refractivity contribution in [1.29, 1.82) is 0 Å².